The van der Waals surface area contributed by atoms with Crippen LogP contribution in [-0.4, -0.2) is 16.9 Å². The van der Waals surface area contributed by atoms with E-state index in [1.807, 2.05) is 12.1 Å². The van der Waals surface area contributed by atoms with E-state index in [1.165, 1.54) is 23.6 Å². The molecule has 2 amide bonds. The molecule has 0 spiro atoms. The molecule has 2 aromatic rings. The summed E-state index contributed by atoms with van der Waals surface area (Å²) in [5, 5.41) is 10.4. The van der Waals surface area contributed by atoms with E-state index in [1.54, 1.807) is 12.1 Å². The van der Waals surface area contributed by atoms with Crippen LogP contribution in [0.1, 0.15) is 11.1 Å². The zero-order valence-electron chi connectivity index (χ0n) is 11.2. The lowest BCUT2D eigenvalue weighted by atomic mass is 10.1. The van der Waals surface area contributed by atoms with Gasteiger partial charge in [0, 0.05) is 14.7 Å². The first-order valence-corrected chi connectivity index (χ1v) is 7.46. The molecule has 0 radical (unpaired) electrons. The molecule has 0 unspecified atom stereocenters. The number of benzene rings is 1. The number of nitrogens with zero attached hydrogens (tertiary/aromatic N) is 1. The Morgan fingerprint density at radius 1 is 1.23 bits per heavy atom. The predicted molar refractivity (Wildman–Crippen MR) is 87.4 cm³/mol. The molecule has 112 valence electrons. The van der Waals surface area contributed by atoms with Gasteiger partial charge in [0.05, 0.1) is 24.8 Å². The first-order chi connectivity index (χ1) is 10.6. The van der Waals surface area contributed by atoms with Gasteiger partial charge < -0.3 is 9.52 Å². The Labute approximate surface area is 139 Å². The summed E-state index contributed by atoms with van der Waals surface area (Å²) < 4.78 is 6.01. The molecular formula is C15H11IN2O4. The van der Waals surface area contributed by atoms with Crippen LogP contribution < -0.4 is 10.4 Å². The molecule has 0 atom stereocenters. The maximum absolute atomic E-state index is 12.4. The van der Waals surface area contributed by atoms with Crippen molar-refractivity contribution in [1.82, 2.24) is 5.43 Å². The van der Waals surface area contributed by atoms with Gasteiger partial charge in [0.1, 0.15) is 5.57 Å². The van der Waals surface area contributed by atoms with Crippen LogP contribution in [0.3, 0.4) is 0 Å². The molecule has 0 aliphatic carbocycles. The summed E-state index contributed by atoms with van der Waals surface area (Å²) in [4.78, 5) is 24.4. The fourth-order valence-electron chi connectivity index (χ4n) is 2.07. The van der Waals surface area contributed by atoms with Gasteiger partial charge in [0.25, 0.3) is 11.8 Å². The highest BCUT2D eigenvalue weighted by Crippen LogP contribution is 2.23. The van der Waals surface area contributed by atoms with Crippen molar-refractivity contribution in [3.05, 3.63) is 57.1 Å². The van der Waals surface area contributed by atoms with E-state index >= 15 is 0 Å². The van der Waals surface area contributed by atoms with Crippen LogP contribution in [0.25, 0.3) is 6.08 Å². The smallest absolute Gasteiger partial charge is 0.282 e. The van der Waals surface area contributed by atoms with Crippen LogP contribution in [0.5, 0.6) is 0 Å². The molecular weight excluding hydrogens is 399 g/mol. The molecule has 1 saturated heterocycles. The first kappa shape index (κ1) is 14.8. The van der Waals surface area contributed by atoms with Crippen molar-refractivity contribution in [3.63, 3.8) is 0 Å². The van der Waals surface area contributed by atoms with Crippen molar-refractivity contribution in [2.75, 3.05) is 5.01 Å². The number of amides is 2. The van der Waals surface area contributed by atoms with Crippen LogP contribution in [0.2, 0.25) is 0 Å². The summed E-state index contributed by atoms with van der Waals surface area (Å²) >= 11 is 2.16. The third kappa shape index (κ3) is 2.64. The molecule has 22 heavy (non-hydrogen) atoms. The predicted octanol–water partition coefficient (Wildman–Crippen LogP) is 1.84. The summed E-state index contributed by atoms with van der Waals surface area (Å²) in [6.07, 6.45) is 4.17. The number of nitrogens with one attached hydrogen (secondary N) is 1. The lowest BCUT2D eigenvalue weighted by Crippen LogP contribution is -2.35. The highest BCUT2D eigenvalue weighted by molar-refractivity contribution is 14.1. The maximum Gasteiger partial charge on any atom is 0.282 e. The van der Waals surface area contributed by atoms with Gasteiger partial charge in [0.2, 0.25) is 0 Å². The second-order valence-corrected chi connectivity index (χ2v) is 5.87. The van der Waals surface area contributed by atoms with Gasteiger partial charge in [0.15, 0.2) is 0 Å². The van der Waals surface area contributed by atoms with E-state index in [4.69, 9.17) is 4.42 Å². The van der Waals surface area contributed by atoms with Crippen LogP contribution in [0.4, 0.5) is 5.69 Å². The van der Waals surface area contributed by atoms with E-state index in [2.05, 4.69) is 28.0 Å². The number of furan rings is 1. The van der Waals surface area contributed by atoms with Crippen molar-refractivity contribution >= 4 is 46.2 Å². The molecule has 1 aromatic heterocycles. The topological polar surface area (TPSA) is 82.8 Å². The molecule has 6 nitrogen and oxygen atoms in total. The standard InChI is InChI=1S/C15H11IN2O4/c16-11-1-3-12(4-2-11)18-15(21)13(14(20)17-18)5-9-7-22-8-10(9)6-19/h1-5,7-8,19H,6H2,(H,17,20)/b13-5-. The molecule has 3 rings (SSSR count). The van der Waals surface area contributed by atoms with E-state index < -0.39 is 11.8 Å². The van der Waals surface area contributed by atoms with Gasteiger partial charge in [-0.05, 0) is 52.9 Å². The Balaban J connectivity index is 1.93. The Hall–Kier alpha value is -2.13. The molecule has 1 aromatic carbocycles. The minimum atomic E-state index is -0.492. The number of hydrogen-bond acceptors (Lipinski definition) is 4. The molecule has 2 heterocycles. The van der Waals surface area contributed by atoms with E-state index in [9.17, 15) is 14.7 Å². The number of aliphatic hydroxyl groups is 1. The van der Waals surface area contributed by atoms with Crippen molar-refractivity contribution in [2.24, 2.45) is 0 Å². The normalized spacial score (nSPS) is 16.5. The Bertz CT molecular complexity index is 764. The largest absolute Gasteiger partial charge is 0.472 e. The number of anilines is 1. The van der Waals surface area contributed by atoms with Gasteiger partial charge in [-0.2, -0.15) is 0 Å². The van der Waals surface area contributed by atoms with Gasteiger partial charge in [-0.3, -0.25) is 15.0 Å². The Morgan fingerprint density at radius 2 is 1.95 bits per heavy atom. The Morgan fingerprint density at radius 3 is 2.64 bits per heavy atom. The quantitative estimate of drug-likeness (QED) is 0.460. The molecule has 1 aliphatic heterocycles. The summed E-state index contributed by atoms with van der Waals surface area (Å²) in [5.74, 6) is -0.940. The third-order valence-electron chi connectivity index (χ3n) is 3.22. The molecule has 2 N–H and O–H groups in total. The lowest BCUT2D eigenvalue weighted by Gasteiger charge is -2.14. The third-order valence-corrected chi connectivity index (χ3v) is 3.94. The van der Waals surface area contributed by atoms with Gasteiger partial charge in [-0.25, -0.2) is 5.01 Å². The van der Waals surface area contributed by atoms with Crippen molar-refractivity contribution in [3.8, 4) is 0 Å². The van der Waals surface area contributed by atoms with E-state index in [-0.39, 0.29) is 12.2 Å². The SMILES string of the molecule is O=C1NN(c2ccc(I)cc2)C(=O)/C1=C\c1cocc1CO. The number of carbonyl (C=O) groups is 2. The number of hydrazine groups is 1. The summed E-state index contributed by atoms with van der Waals surface area (Å²) in [5.41, 5.74) is 4.12. The average Bonchev–Trinajstić information content (AvgIpc) is 3.07. The van der Waals surface area contributed by atoms with Gasteiger partial charge >= 0.3 is 0 Å². The van der Waals surface area contributed by atoms with Crippen LogP contribution >= 0.6 is 22.6 Å². The number of hydrogen-bond donors (Lipinski definition) is 2. The van der Waals surface area contributed by atoms with E-state index in [0.29, 0.717) is 16.8 Å². The van der Waals surface area contributed by atoms with Crippen molar-refractivity contribution in [1.29, 1.82) is 0 Å². The fourth-order valence-corrected chi connectivity index (χ4v) is 2.43. The number of halogens is 1. The molecule has 1 fully saturated rings. The van der Waals surface area contributed by atoms with Crippen molar-refractivity contribution < 1.29 is 19.1 Å². The van der Waals surface area contributed by atoms with Gasteiger partial charge in [-0.1, -0.05) is 0 Å². The van der Waals surface area contributed by atoms with Crippen LogP contribution in [0.15, 0.2) is 46.8 Å². The zero-order valence-corrected chi connectivity index (χ0v) is 13.4. The summed E-state index contributed by atoms with van der Waals surface area (Å²) in [7, 11) is 0. The van der Waals surface area contributed by atoms with E-state index in [0.717, 1.165) is 3.57 Å². The van der Waals surface area contributed by atoms with Gasteiger partial charge in [-0.15, -0.1) is 0 Å². The number of carbonyl (C=O) groups excluding carboxylic acids is 2. The number of rotatable bonds is 3. The molecule has 1 aliphatic rings. The number of aliphatic hydroxyl groups excluding tert-OH is 1. The minimum absolute atomic E-state index is 0.00495. The first-order valence-electron chi connectivity index (χ1n) is 6.39. The highest BCUT2D eigenvalue weighted by atomic mass is 127. The fraction of sp³-hybridized carbons (Fsp3) is 0.0667. The monoisotopic (exact) mass is 410 g/mol. The van der Waals surface area contributed by atoms with Crippen LogP contribution in [0, 0.1) is 3.57 Å². The zero-order chi connectivity index (χ0) is 15.7. The highest BCUT2D eigenvalue weighted by Gasteiger charge is 2.34. The Kier molecular flexibility index (Phi) is 3.99. The van der Waals surface area contributed by atoms with Crippen molar-refractivity contribution in [2.45, 2.75) is 6.61 Å². The summed E-state index contributed by atoms with van der Waals surface area (Å²) in [6.45, 7) is -0.230. The molecule has 0 saturated carbocycles. The average molecular weight is 410 g/mol. The van der Waals surface area contributed by atoms with Crippen LogP contribution in [-0.2, 0) is 16.2 Å². The summed E-state index contributed by atoms with van der Waals surface area (Å²) in [6, 6.07) is 7.19. The lowest BCUT2D eigenvalue weighted by molar-refractivity contribution is -0.117. The second kappa shape index (κ2) is 5.93. The molecule has 7 heteroatoms. The second-order valence-electron chi connectivity index (χ2n) is 4.63. The molecule has 0 bridgehead atoms. The minimum Gasteiger partial charge on any atom is -0.472 e. The maximum atomic E-state index is 12.4.